The Morgan fingerprint density at radius 1 is 1.21 bits per heavy atom. The first kappa shape index (κ1) is 20.8. The van der Waals surface area contributed by atoms with Crippen molar-refractivity contribution in [3.8, 4) is 5.75 Å². The van der Waals surface area contributed by atoms with Crippen molar-refractivity contribution in [2.45, 2.75) is 32.2 Å². The number of nitrogens with one attached hydrogen (secondary N) is 2. The summed E-state index contributed by atoms with van der Waals surface area (Å²) in [6.45, 7) is 3.04. The molecule has 1 aliphatic rings. The van der Waals surface area contributed by atoms with Crippen molar-refractivity contribution in [1.29, 1.82) is 0 Å². The van der Waals surface area contributed by atoms with E-state index in [9.17, 15) is 12.8 Å². The highest BCUT2D eigenvalue weighted by Gasteiger charge is 2.19. The molecule has 0 fully saturated rings. The van der Waals surface area contributed by atoms with Crippen LogP contribution in [0.1, 0.15) is 36.1 Å². The standard InChI is InChI=1S/C21H27FN2O3S/c1-2-28(25,26)24-12-13-27-19-10-7-17-4-3-11-23-21(20(17)15-19)14-16-5-8-18(22)9-6-16/h5-10,15,21,23-24H,2-4,11-14H2,1H3. The lowest BCUT2D eigenvalue weighted by molar-refractivity contribution is 0.322. The normalized spacial score (nSPS) is 17.0. The smallest absolute Gasteiger partial charge is 0.211 e. The summed E-state index contributed by atoms with van der Waals surface area (Å²) in [5.41, 5.74) is 3.55. The molecule has 1 heterocycles. The highest BCUT2D eigenvalue weighted by Crippen LogP contribution is 2.29. The maximum absolute atomic E-state index is 13.2. The van der Waals surface area contributed by atoms with Gasteiger partial charge in [-0.05, 0) is 73.7 Å². The van der Waals surface area contributed by atoms with Gasteiger partial charge in [0.1, 0.15) is 18.2 Å². The molecule has 0 amide bonds. The molecule has 0 aliphatic carbocycles. The zero-order chi connectivity index (χ0) is 20.0. The van der Waals surface area contributed by atoms with Crippen LogP contribution in [0.5, 0.6) is 5.75 Å². The Labute approximate surface area is 166 Å². The summed E-state index contributed by atoms with van der Waals surface area (Å²) in [6, 6.07) is 12.8. The molecule has 0 aromatic heterocycles. The zero-order valence-electron chi connectivity index (χ0n) is 16.1. The Bertz CT molecular complexity index is 885. The van der Waals surface area contributed by atoms with Crippen LogP contribution in [0.15, 0.2) is 42.5 Å². The molecule has 2 aromatic carbocycles. The minimum absolute atomic E-state index is 0.0581. The Morgan fingerprint density at radius 2 is 2.00 bits per heavy atom. The van der Waals surface area contributed by atoms with E-state index < -0.39 is 10.0 Å². The summed E-state index contributed by atoms with van der Waals surface area (Å²) in [4.78, 5) is 0. The van der Waals surface area contributed by atoms with E-state index in [-0.39, 0.29) is 30.8 Å². The van der Waals surface area contributed by atoms with Gasteiger partial charge in [0.25, 0.3) is 0 Å². The molecule has 152 valence electrons. The van der Waals surface area contributed by atoms with Crippen LogP contribution in [-0.2, 0) is 22.9 Å². The Balaban J connectivity index is 1.69. The van der Waals surface area contributed by atoms with Crippen molar-refractivity contribution in [3.63, 3.8) is 0 Å². The van der Waals surface area contributed by atoms with E-state index in [0.29, 0.717) is 0 Å². The largest absolute Gasteiger partial charge is 0.492 e. The van der Waals surface area contributed by atoms with Crippen molar-refractivity contribution >= 4 is 10.0 Å². The minimum atomic E-state index is -3.21. The van der Waals surface area contributed by atoms with Crippen LogP contribution in [0, 0.1) is 5.82 Å². The molecular weight excluding hydrogens is 379 g/mol. The maximum atomic E-state index is 13.2. The van der Waals surface area contributed by atoms with E-state index in [4.69, 9.17) is 4.74 Å². The molecule has 5 nitrogen and oxygen atoms in total. The summed E-state index contributed by atoms with van der Waals surface area (Å²) in [6.07, 6.45) is 2.83. The Morgan fingerprint density at radius 3 is 2.75 bits per heavy atom. The molecule has 0 saturated heterocycles. The van der Waals surface area contributed by atoms with Gasteiger partial charge in [-0.1, -0.05) is 18.2 Å². The monoisotopic (exact) mass is 406 g/mol. The van der Waals surface area contributed by atoms with Gasteiger partial charge in [-0.2, -0.15) is 0 Å². The predicted octanol–water partition coefficient (Wildman–Crippen LogP) is 2.96. The van der Waals surface area contributed by atoms with E-state index in [1.807, 2.05) is 24.3 Å². The van der Waals surface area contributed by atoms with E-state index in [0.717, 1.165) is 37.1 Å². The molecule has 2 N–H and O–H groups in total. The number of rotatable bonds is 8. The number of fused-ring (bicyclic) bond motifs is 1. The van der Waals surface area contributed by atoms with Gasteiger partial charge in [-0.25, -0.2) is 17.5 Å². The quantitative estimate of drug-likeness (QED) is 0.662. The second-order valence-electron chi connectivity index (χ2n) is 6.95. The number of ether oxygens (including phenoxy) is 1. The van der Waals surface area contributed by atoms with Crippen LogP contribution < -0.4 is 14.8 Å². The second kappa shape index (κ2) is 9.49. The first-order chi connectivity index (χ1) is 13.5. The molecule has 1 unspecified atom stereocenters. The number of sulfonamides is 1. The average Bonchev–Trinajstić information content (AvgIpc) is 2.89. The van der Waals surface area contributed by atoms with E-state index in [1.54, 1.807) is 6.92 Å². The van der Waals surface area contributed by atoms with Crippen molar-refractivity contribution < 1.29 is 17.5 Å². The van der Waals surface area contributed by atoms with Gasteiger partial charge in [0.05, 0.1) is 5.75 Å². The van der Waals surface area contributed by atoms with Crippen molar-refractivity contribution in [2.75, 3.05) is 25.4 Å². The lowest BCUT2D eigenvalue weighted by Crippen LogP contribution is -2.29. The van der Waals surface area contributed by atoms with Gasteiger partial charge in [0, 0.05) is 12.6 Å². The third kappa shape index (κ3) is 5.77. The molecular formula is C21H27FN2O3S. The van der Waals surface area contributed by atoms with Gasteiger partial charge in [-0.15, -0.1) is 0 Å². The summed E-state index contributed by atoms with van der Waals surface area (Å²) in [5.74, 6) is 0.553. The number of halogens is 1. The van der Waals surface area contributed by atoms with Gasteiger partial charge in [-0.3, -0.25) is 0 Å². The number of hydrogen-bond donors (Lipinski definition) is 2. The molecule has 2 aromatic rings. The topological polar surface area (TPSA) is 67.4 Å². The van der Waals surface area contributed by atoms with Gasteiger partial charge >= 0.3 is 0 Å². The molecule has 7 heteroatoms. The first-order valence-corrected chi connectivity index (χ1v) is 11.3. The van der Waals surface area contributed by atoms with E-state index in [1.165, 1.54) is 23.3 Å². The van der Waals surface area contributed by atoms with Crippen LogP contribution in [0.3, 0.4) is 0 Å². The third-order valence-electron chi connectivity index (χ3n) is 4.93. The minimum Gasteiger partial charge on any atom is -0.492 e. The number of benzene rings is 2. The molecule has 28 heavy (non-hydrogen) atoms. The summed E-state index contributed by atoms with van der Waals surface area (Å²) < 4.78 is 44.4. The van der Waals surface area contributed by atoms with Gasteiger partial charge < -0.3 is 10.1 Å². The molecule has 0 saturated carbocycles. The van der Waals surface area contributed by atoms with Crippen LogP contribution in [0.25, 0.3) is 0 Å². The molecule has 0 radical (unpaired) electrons. The molecule has 0 spiro atoms. The lowest BCUT2D eigenvalue weighted by atomic mass is 9.94. The van der Waals surface area contributed by atoms with Gasteiger partial charge in [0.2, 0.25) is 10.0 Å². The fourth-order valence-corrected chi connectivity index (χ4v) is 3.98. The predicted molar refractivity (Wildman–Crippen MR) is 109 cm³/mol. The molecule has 1 atom stereocenters. The number of hydrogen-bond acceptors (Lipinski definition) is 4. The highest BCUT2D eigenvalue weighted by molar-refractivity contribution is 7.89. The lowest BCUT2D eigenvalue weighted by Gasteiger charge is -2.20. The summed E-state index contributed by atoms with van der Waals surface area (Å²) in [5, 5.41) is 3.58. The van der Waals surface area contributed by atoms with Crippen LogP contribution in [-0.4, -0.2) is 33.9 Å². The number of aryl methyl sites for hydroxylation is 1. The van der Waals surface area contributed by atoms with Crippen LogP contribution in [0.2, 0.25) is 0 Å². The van der Waals surface area contributed by atoms with Crippen molar-refractivity contribution in [3.05, 3.63) is 65.0 Å². The van der Waals surface area contributed by atoms with E-state index >= 15 is 0 Å². The van der Waals surface area contributed by atoms with Crippen molar-refractivity contribution in [2.24, 2.45) is 0 Å². The molecule has 1 aliphatic heterocycles. The van der Waals surface area contributed by atoms with Crippen molar-refractivity contribution in [1.82, 2.24) is 10.0 Å². The summed E-state index contributed by atoms with van der Waals surface area (Å²) in [7, 11) is -3.21. The Hall–Kier alpha value is -1.96. The second-order valence-corrected chi connectivity index (χ2v) is 9.04. The molecule has 0 bridgehead atoms. The van der Waals surface area contributed by atoms with Gasteiger partial charge in [0.15, 0.2) is 0 Å². The van der Waals surface area contributed by atoms with Crippen LogP contribution >= 0.6 is 0 Å². The van der Waals surface area contributed by atoms with E-state index in [2.05, 4.69) is 16.1 Å². The molecule has 3 rings (SSSR count). The Kier molecular flexibility index (Phi) is 7.04. The zero-order valence-corrected chi connectivity index (χ0v) is 16.9. The first-order valence-electron chi connectivity index (χ1n) is 9.67. The maximum Gasteiger partial charge on any atom is 0.211 e. The SMILES string of the molecule is CCS(=O)(=O)NCCOc1ccc2c(c1)C(Cc1ccc(F)cc1)NCCC2. The average molecular weight is 407 g/mol. The fraction of sp³-hybridized carbons (Fsp3) is 0.429. The van der Waals surface area contributed by atoms with Crippen LogP contribution in [0.4, 0.5) is 4.39 Å². The highest BCUT2D eigenvalue weighted by atomic mass is 32.2. The summed E-state index contributed by atoms with van der Waals surface area (Å²) >= 11 is 0. The third-order valence-corrected chi connectivity index (χ3v) is 6.34. The fourth-order valence-electron chi connectivity index (χ4n) is 3.39.